The predicted octanol–water partition coefficient (Wildman–Crippen LogP) is 5.04. The SMILES string of the molecule is c1ccc(CN(Cc2ccccc2)C2CCc3ccccc3O2)cc1. The zero-order valence-electron chi connectivity index (χ0n) is 14.3. The first-order chi connectivity index (χ1) is 12.4. The topological polar surface area (TPSA) is 12.5 Å². The van der Waals surface area contributed by atoms with E-state index in [1.54, 1.807) is 0 Å². The van der Waals surface area contributed by atoms with E-state index < -0.39 is 0 Å². The molecule has 0 fully saturated rings. The minimum atomic E-state index is 0.107. The summed E-state index contributed by atoms with van der Waals surface area (Å²) in [6.07, 6.45) is 2.20. The molecule has 0 saturated carbocycles. The summed E-state index contributed by atoms with van der Waals surface area (Å²) in [6, 6.07) is 29.7. The minimum absolute atomic E-state index is 0.107. The molecular weight excluding hydrogens is 306 g/mol. The van der Waals surface area contributed by atoms with Gasteiger partial charge >= 0.3 is 0 Å². The van der Waals surface area contributed by atoms with Crippen LogP contribution >= 0.6 is 0 Å². The van der Waals surface area contributed by atoms with Crippen LogP contribution in [0.2, 0.25) is 0 Å². The van der Waals surface area contributed by atoms with Crippen molar-refractivity contribution >= 4 is 0 Å². The summed E-state index contributed by atoms with van der Waals surface area (Å²) in [4.78, 5) is 2.45. The standard InChI is InChI=1S/C23H23NO/c1-3-9-19(10-4-1)17-24(18-20-11-5-2-6-12-20)23-16-15-21-13-7-8-14-22(21)25-23/h1-14,23H,15-18H2. The van der Waals surface area contributed by atoms with Crippen LogP contribution in [0.4, 0.5) is 0 Å². The summed E-state index contributed by atoms with van der Waals surface area (Å²) >= 11 is 0. The maximum absolute atomic E-state index is 6.36. The van der Waals surface area contributed by atoms with E-state index in [1.807, 2.05) is 0 Å². The minimum Gasteiger partial charge on any atom is -0.475 e. The molecule has 0 spiro atoms. The fourth-order valence-corrected chi connectivity index (χ4v) is 3.46. The number of para-hydroxylation sites is 1. The Kier molecular flexibility index (Phi) is 4.80. The Morgan fingerprint density at radius 3 is 1.92 bits per heavy atom. The van der Waals surface area contributed by atoms with Gasteiger partial charge in [-0.15, -0.1) is 0 Å². The predicted molar refractivity (Wildman–Crippen MR) is 101 cm³/mol. The smallest absolute Gasteiger partial charge is 0.153 e. The van der Waals surface area contributed by atoms with E-state index in [9.17, 15) is 0 Å². The molecule has 0 aliphatic carbocycles. The molecule has 1 unspecified atom stereocenters. The Bertz CT molecular complexity index is 759. The van der Waals surface area contributed by atoms with Crippen LogP contribution < -0.4 is 4.74 Å². The van der Waals surface area contributed by atoms with Crippen LogP contribution in [0.25, 0.3) is 0 Å². The van der Waals surface area contributed by atoms with Gasteiger partial charge in [-0.1, -0.05) is 78.9 Å². The number of hydrogen-bond acceptors (Lipinski definition) is 2. The van der Waals surface area contributed by atoms with E-state index in [-0.39, 0.29) is 6.23 Å². The number of fused-ring (bicyclic) bond motifs is 1. The van der Waals surface area contributed by atoms with Gasteiger partial charge in [0.05, 0.1) is 0 Å². The molecule has 1 aliphatic rings. The van der Waals surface area contributed by atoms with Gasteiger partial charge in [-0.3, -0.25) is 4.90 Å². The molecule has 3 aromatic rings. The highest BCUT2D eigenvalue weighted by Crippen LogP contribution is 2.29. The number of nitrogens with zero attached hydrogens (tertiary/aromatic N) is 1. The molecule has 0 amide bonds. The summed E-state index contributed by atoms with van der Waals surface area (Å²) in [5.41, 5.74) is 3.96. The molecule has 0 aromatic heterocycles. The second-order valence-corrected chi connectivity index (χ2v) is 6.60. The molecule has 3 aromatic carbocycles. The summed E-state index contributed by atoms with van der Waals surface area (Å²) < 4.78 is 6.36. The highest BCUT2D eigenvalue weighted by Gasteiger charge is 2.25. The van der Waals surface area contributed by atoms with E-state index in [4.69, 9.17) is 4.74 Å². The van der Waals surface area contributed by atoms with Gasteiger partial charge in [0.1, 0.15) is 5.75 Å². The fourth-order valence-electron chi connectivity index (χ4n) is 3.46. The van der Waals surface area contributed by atoms with Crippen LogP contribution in [0, 0.1) is 0 Å². The second-order valence-electron chi connectivity index (χ2n) is 6.60. The third-order valence-corrected chi connectivity index (χ3v) is 4.76. The lowest BCUT2D eigenvalue weighted by Crippen LogP contribution is -2.40. The summed E-state index contributed by atoms with van der Waals surface area (Å²) in [7, 11) is 0. The van der Waals surface area contributed by atoms with E-state index >= 15 is 0 Å². The van der Waals surface area contributed by atoms with Crippen molar-refractivity contribution in [1.29, 1.82) is 0 Å². The van der Waals surface area contributed by atoms with Gasteiger partial charge in [0, 0.05) is 19.5 Å². The molecule has 126 valence electrons. The molecule has 0 bridgehead atoms. The first-order valence-corrected chi connectivity index (χ1v) is 8.95. The third-order valence-electron chi connectivity index (χ3n) is 4.76. The Labute approximate surface area is 149 Å². The number of ether oxygens (including phenoxy) is 1. The largest absolute Gasteiger partial charge is 0.475 e. The van der Waals surface area contributed by atoms with Crippen molar-refractivity contribution in [3.05, 3.63) is 102 Å². The van der Waals surface area contributed by atoms with Crippen LogP contribution in [0.3, 0.4) is 0 Å². The average Bonchev–Trinajstić information content (AvgIpc) is 2.69. The third kappa shape index (κ3) is 3.92. The monoisotopic (exact) mass is 329 g/mol. The van der Waals surface area contributed by atoms with Gasteiger partial charge in [-0.05, 0) is 29.2 Å². The van der Waals surface area contributed by atoms with E-state index in [1.165, 1.54) is 16.7 Å². The van der Waals surface area contributed by atoms with Gasteiger partial charge in [0.15, 0.2) is 6.23 Å². The van der Waals surface area contributed by atoms with Crippen molar-refractivity contribution in [2.75, 3.05) is 0 Å². The van der Waals surface area contributed by atoms with E-state index in [0.717, 1.165) is 31.7 Å². The molecule has 0 radical (unpaired) electrons. The molecule has 25 heavy (non-hydrogen) atoms. The maximum Gasteiger partial charge on any atom is 0.153 e. The Morgan fingerprint density at radius 2 is 1.28 bits per heavy atom. The fraction of sp³-hybridized carbons (Fsp3) is 0.217. The number of hydrogen-bond donors (Lipinski definition) is 0. The number of rotatable bonds is 5. The molecule has 1 heterocycles. The van der Waals surface area contributed by atoms with Crippen molar-refractivity contribution in [3.63, 3.8) is 0 Å². The quantitative estimate of drug-likeness (QED) is 0.650. The molecule has 0 N–H and O–H groups in total. The number of aryl methyl sites for hydroxylation is 1. The molecule has 1 atom stereocenters. The van der Waals surface area contributed by atoms with Gasteiger partial charge in [0.25, 0.3) is 0 Å². The highest BCUT2D eigenvalue weighted by molar-refractivity contribution is 5.35. The van der Waals surface area contributed by atoms with Crippen LogP contribution in [0.5, 0.6) is 5.75 Å². The van der Waals surface area contributed by atoms with Crippen LogP contribution in [0.15, 0.2) is 84.9 Å². The Balaban J connectivity index is 1.57. The lowest BCUT2D eigenvalue weighted by molar-refractivity contribution is -0.00226. The zero-order valence-corrected chi connectivity index (χ0v) is 14.3. The molecule has 4 rings (SSSR count). The molecule has 1 aliphatic heterocycles. The van der Waals surface area contributed by atoms with Crippen molar-refractivity contribution in [3.8, 4) is 5.75 Å². The van der Waals surface area contributed by atoms with Crippen LogP contribution in [0.1, 0.15) is 23.1 Å². The van der Waals surface area contributed by atoms with Crippen molar-refractivity contribution in [2.45, 2.75) is 32.2 Å². The highest BCUT2D eigenvalue weighted by atomic mass is 16.5. The summed E-state index contributed by atoms with van der Waals surface area (Å²) in [6.45, 7) is 1.78. The van der Waals surface area contributed by atoms with Crippen LogP contribution in [-0.4, -0.2) is 11.1 Å². The lowest BCUT2D eigenvalue weighted by atomic mass is 10.0. The molecule has 2 heteroatoms. The van der Waals surface area contributed by atoms with Crippen molar-refractivity contribution in [1.82, 2.24) is 4.90 Å². The lowest BCUT2D eigenvalue weighted by Gasteiger charge is -2.35. The zero-order chi connectivity index (χ0) is 16.9. The normalized spacial score (nSPS) is 16.3. The van der Waals surface area contributed by atoms with Crippen molar-refractivity contribution < 1.29 is 4.74 Å². The van der Waals surface area contributed by atoms with Gasteiger partial charge in [0.2, 0.25) is 0 Å². The average molecular weight is 329 g/mol. The first kappa shape index (κ1) is 15.9. The van der Waals surface area contributed by atoms with Gasteiger partial charge < -0.3 is 4.74 Å². The van der Waals surface area contributed by atoms with Crippen LogP contribution in [-0.2, 0) is 19.5 Å². The Hall–Kier alpha value is -2.58. The van der Waals surface area contributed by atoms with Gasteiger partial charge in [-0.2, -0.15) is 0 Å². The maximum atomic E-state index is 6.36. The number of benzene rings is 3. The first-order valence-electron chi connectivity index (χ1n) is 8.95. The molecule has 0 saturated heterocycles. The second kappa shape index (κ2) is 7.54. The Morgan fingerprint density at radius 1 is 0.720 bits per heavy atom. The summed E-state index contributed by atoms with van der Waals surface area (Å²) in [5, 5.41) is 0. The van der Waals surface area contributed by atoms with E-state index in [2.05, 4.69) is 89.8 Å². The van der Waals surface area contributed by atoms with Crippen molar-refractivity contribution in [2.24, 2.45) is 0 Å². The molecule has 2 nitrogen and oxygen atoms in total. The van der Waals surface area contributed by atoms with Gasteiger partial charge in [-0.25, -0.2) is 0 Å². The summed E-state index contributed by atoms with van der Waals surface area (Å²) in [5.74, 6) is 1.03. The molecular formula is C23H23NO. The van der Waals surface area contributed by atoms with E-state index in [0.29, 0.717) is 0 Å².